The number of aryl methyl sites for hydroxylation is 1. The molecule has 6 nitrogen and oxygen atoms in total. The molecule has 0 aliphatic heterocycles. The van der Waals surface area contributed by atoms with Crippen LogP contribution >= 0.6 is 0 Å². The van der Waals surface area contributed by atoms with Crippen molar-refractivity contribution in [3.63, 3.8) is 0 Å². The first-order chi connectivity index (χ1) is 13.1. The first kappa shape index (κ1) is 18.5. The van der Waals surface area contributed by atoms with E-state index < -0.39 is 0 Å². The molecule has 0 aliphatic carbocycles. The summed E-state index contributed by atoms with van der Waals surface area (Å²) in [6.45, 7) is 4.61. The van der Waals surface area contributed by atoms with Crippen LogP contribution in [0.4, 0.5) is 0 Å². The third-order valence-electron chi connectivity index (χ3n) is 3.91. The molecule has 0 N–H and O–H groups in total. The number of ether oxygens (including phenoxy) is 3. The van der Waals surface area contributed by atoms with Gasteiger partial charge >= 0.3 is 11.6 Å². The van der Waals surface area contributed by atoms with Gasteiger partial charge in [-0.15, -0.1) is 0 Å². The van der Waals surface area contributed by atoms with E-state index in [9.17, 15) is 9.59 Å². The molecule has 140 valence electrons. The van der Waals surface area contributed by atoms with Gasteiger partial charge in [0.15, 0.2) is 0 Å². The van der Waals surface area contributed by atoms with E-state index in [4.69, 9.17) is 18.6 Å². The molecule has 0 aliphatic rings. The topological polar surface area (TPSA) is 75.0 Å². The van der Waals surface area contributed by atoms with E-state index in [0.717, 1.165) is 10.9 Å². The Balaban J connectivity index is 1.53. The molecule has 0 atom stereocenters. The number of benzene rings is 2. The maximum Gasteiger partial charge on any atom is 0.338 e. The Morgan fingerprint density at radius 1 is 0.963 bits per heavy atom. The molecule has 2 aromatic carbocycles. The van der Waals surface area contributed by atoms with Gasteiger partial charge < -0.3 is 18.6 Å². The van der Waals surface area contributed by atoms with Gasteiger partial charge in [0.05, 0.1) is 12.2 Å². The van der Waals surface area contributed by atoms with Crippen LogP contribution < -0.4 is 15.1 Å². The highest BCUT2D eigenvalue weighted by molar-refractivity contribution is 5.89. The number of fused-ring (bicyclic) bond motifs is 1. The minimum Gasteiger partial charge on any atom is -0.490 e. The summed E-state index contributed by atoms with van der Waals surface area (Å²) in [6, 6.07) is 13.6. The number of hydrogen-bond acceptors (Lipinski definition) is 6. The third kappa shape index (κ3) is 4.67. The number of carbonyl (C=O) groups excluding carboxylic acids is 1. The van der Waals surface area contributed by atoms with Crippen LogP contribution in [-0.4, -0.2) is 25.8 Å². The number of carbonyl (C=O) groups is 1. The van der Waals surface area contributed by atoms with E-state index in [1.54, 1.807) is 37.3 Å². The van der Waals surface area contributed by atoms with Crippen LogP contribution in [0.25, 0.3) is 11.0 Å². The monoisotopic (exact) mass is 368 g/mol. The summed E-state index contributed by atoms with van der Waals surface area (Å²) in [5.41, 5.74) is 1.45. The van der Waals surface area contributed by atoms with Crippen molar-refractivity contribution >= 4 is 16.9 Å². The Bertz CT molecular complexity index is 988. The fraction of sp³-hybridized carbons (Fsp3) is 0.238. The summed E-state index contributed by atoms with van der Waals surface area (Å²) in [4.78, 5) is 23.1. The van der Waals surface area contributed by atoms with Crippen LogP contribution in [0, 0.1) is 6.92 Å². The van der Waals surface area contributed by atoms with Crippen molar-refractivity contribution in [2.75, 3.05) is 19.8 Å². The van der Waals surface area contributed by atoms with Gasteiger partial charge in [0.25, 0.3) is 0 Å². The predicted octanol–water partition coefficient (Wildman–Crippen LogP) is 3.74. The highest BCUT2D eigenvalue weighted by Crippen LogP contribution is 2.22. The largest absolute Gasteiger partial charge is 0.490 e. The molecule has 0 unspecified atom stereocenters. The van der Waals surface area contributed by atoms with Gasteiger partial charge in [-0.2, -0.15) is 0 Å². The zero-order valence-electron chi connectivity index (χ0n) is 15.2. The zero-order valence-corrected chi connectivity index (χ0v) is 15.2. The number of esters is 1. The second-order valence-electron chi connectivity index (χ2n) is 5.85. The molecule has 3 aromatic rings. The lowest BCUT2D eigenvalue weighted by atomic mass is 10.1. The summed E-state index contributed by atoms with van der Waals surface area (Å²) in [7, 11) is 0. The zero-order chi connectivity index (χ0) is 19.2. The molecule has 0 spiro atoms. The SMILES string of the molecule is CCOC(=O)c1ccc(OCCOc2ccc3c(C)cc(=O)oc3c2)cc1. The van der Waals surface area contributed by atoms with E-state index in [1.807, 2.05) is 19.1 Å². The van der Waals surface area contributed by atoms with Crippen LogP contribution in [-0.2, 0) is 4.74 Å². The Labute approximate surface area is 156 Å². The average molecular weight is 368 g/mol. The molecule has 0 saturated heterocycles. The Morgan fingerprint density at radius 2 is 1.63 bits per heavy atom. The van der Waals surface area contributed by atoms with Crippen molar-refractivity contribution in [2.45, 2.75) is 13.8 Å². The van der Waals surface area contributed by atoms with Crippen molar-refractivity contribution in [1.82, 2.24) is 0 Å². The van der Waals surface area contributed by atoms with Gasteiger partial charge in [0, 0.05) is 17.5 Å². The molecule has 0 radical (unpaired) electrons. The lowest BCUT2D eigenvalue weighted by Crippen LogP contribution is -2.09. The van der Waals surface area contributed by atoms with Crippen LogP contribution in [0.5, 0.6) is 11.5 Å². The fourth-order valence-corrected chi connectivity index (χ4v) is 2.62. The number of hydrogen-bond donors (Lipinski definition) is 0. The molecular formula is C21H20O6. The van der Waals surface area contributed by atoms with E-state index in [0.29, 0.717) is 42.5 Å². The molecular weight excluding hydrogens is 348 g/mol. The molecule has 1 heterocycles. The quantitative estimate of drug-likeness (QED) is 0.359. The molecule has 27 heavy (non-hydrogen) atoms. The van der Waals surface area contributed by atoms with Gasteiger partial charge in [-0.25, -0.2) is 9.59 Å². The van der Waals surface area contributed by atoms with Crippen LogP contribution in [0.15, 0.2) is 57.7 Å². The summed E-state index contributed by atoms with van der Waals surface area (Å²) in [5, 5.41) is 0.875. The van der Waals surface area contributed by atoms with Gasteiger partial charge in [-0.1, -0.05) is 0 Å². The minimum absolute atomic E-state index is 0.321. The normalized spacial score (nSPS) is 10.6. The molecule has 0 amide bonds. The maximum atomic E-state index is 11.6. The van der Waals surface area contributed by atoms with Crippen LogP contribution in [0.3, 0.4) is 0 Å². The maximum absolute atomic E-state index is 11.6. The van der Waals surface area contributed by atoms with E-state index in [1.165, 1.54) is 6.07 Å². The van der Waals surface area contributed by atoms with E-state index in [2.05, 4.69) is 0 Å². The summed E-state index contributed by atoms with van der Waals surface area (Å²) in [5.74, 6) is 0.870. The summed E-state index contributed by atoms with van der Waals surface area (Å²) >= 11 is 0. The predicted molar refractivity (Wildman–Crippen MR) is 101 cm³/mol. The van der Waals surface area contributed by atoms with Crippen LogP contribution in [0.2, 0.25) is 0 Å². The second kappa shape index (κ2) is 8.40. The van der Waals surface area contributed by atoms with Crippen molar-refractivity contribution in [2.24, 2.45) is 0 Å². The molecule has 0 bridgehead atoms. The number of rotatable bonds is 7. The Morgan fingerprint density at radius 3 is 2.33 bits per heavy atom. The molecule has 6 heteroatoms. The third-order valence-corrected chi connectivity index (χ3v) is 3.91. The smallest absolute Gasteiger partial charge is 0.338 e. The molecule has 1 aromatic heterocycles. The summed E-state index contributed by atoms with van der Waals surface area (Å²) in [6.07, 6.45) is 0. The average Bonchev–Trinajstić information content (AvgIpc) is 2.65. The highest BCUT2D eigenvalue weighted by atomic mass is 16.5. The molecule has 0 fully saturated rings. The van der Waals surface area contributed by atoms with Gasteiger partial charge in [0.2, 0.25) is 0 Å². The Kier molecular flexibility index (Phi) is 5.76. The van der Waals surface area contributed by atoms with Gasteiger partial charge in [-0.3, -0.25) is 0 Å². The first-order valence-corrected chi connectivity index (χ1v) is 8.64. The fourth-order valence-electron chi connectivity index (χ4n) is 2.62. The van der Waals surface area contributed by atoms with Crippen molar-refractivity contribution in [1.29, 1.82) is 0 Å². The molecule has 3 rings (SSSR count). The van der Waals surface area contributed by atoms with Crippen molar-refractivity contribution in [3.8, 4) is 11.5 Å². The first-order valence-electron chi connectivity index (χ1n) is 8.64. The van der Waals surface area contributed by atoms with Gasteiger partial charge in [0.1, 0.15) is 30.3 Å². The van der Waals surface area contributed by atoms with Crippen molar-refractivity contribution in [3.05, 3.63) is 70.1 Å². The highest BCUT2D eigenvalue weighted by Gasteiger charge is 2.06. The van der Waals surface area contributed by atoms with Gasteiger partial charge in [-0.05, 0) is 55.8 Å². The van der Waals surface area contributed by atoms with Crippen LogP contribution in [0.1, 0.15) is 22.8 Å². The van der Waals surface area contributed by atoms with E-state index >= 15 is 0 Å². The Hall–Kier alpha value is -3.28. The lowest BCUT2D eigenvalue weighted by Gasteiger charge is -2.09. The lowest BCUT2D eigenvalue weighted by molar-refractivity contribution is 0.0526. The molecule has 0 saturated carbocycles. The standard InChI is InChI=1S/C21H20O6/c1-3-24-21(23)15-4-6-16(7-5-15)25-10-11-26-17-8-9-18-14(2)12-20(22)27-19(18)13-17/h4-9,12-13H,3,10-11H2,1-2H3. The minimum atomic E-state index is -0.383. The second-order valence-corrected chi connectivity index (χ2v) is 5.85. The van der Waals surface area contributed by atoms with Crippen molar-refractivity contribution < 1.29 is 23.4 Å². The summed E-state index contributed by atoms with van der Waals surface area (Å²) < 4.78 is 21.4. The van der Waals surface area contributed by atoms with E-state index in [-0.39, 0.29) is 11.6 Å².